The lowest BCUT2D eigenvalue weighted by Gasteiger charge is -1.92. The minimum absolute atomic E-state index is 0.682. The van der Waals surface area contributed by atoms with Crippen molar-refractivity contribution in [3.8, 4) is 11.3 Å². The van der Waals surface area contributed by atoms with E-state index in [2.05, 4.69) is 5.16 Å². The van der Waals surface area contributed by atoms with Crippen molar-refractivity contribution in [2.75, 3.05) is 0 Å². The molecule has 0 radical (unpaired) electrons. The van der Waals surface area contributed by atoms with E-state index in [4.69, 9.17) is 8.94 Å². The number of hydrogen-bond donors (Lipinski definition) is 0. The summed E-state index contributed by atoms with van der Waals surface area (Å²) in [6.07, 6.45) is 0. The maximum Gasteiger partial charge on any atom is 0.210 e. The second-order valence-corrected chi connectivity index (χ2v) is 4.15. The first kappa shape index (κ1) is 9.48. The third-order valence-corrected chi connectivity index (χ3v) is 3.04. The number of furan rings is 1. The molecule has 18 heavy (non-hydrogen) atoms. The van der Waals surface area contributed by atoms with Crippen LogP contribution >= 0.6 is 0 Å². The molecule has 0 bridgehead atoms. The van der Waals surface area contributed by atoms with Gasteiger partial charge in [-0.3, -0.25) is 0 Å². The molecule has 0 aliphatic heterocycles. The fraction of sp³-hybridized carbons (Fsp3) is 0. The Morgan fingerprint density at radius 3 is 2.50 bits per heavy atom. The number of fused-ring (bicyclic) bond motifs is 3. The minimum Gasteiger partial charge on any atom is -0.450 e. The number of nitrogens with zero attached hydrogens (tertiary/aromatic N) is 1. The number of para-hydroxylation sites is 1. The zero-order chi connectivity index (χ0) is 11.9. The van der Waals surface area contributed by atoms with E-state index in [1.54, 1.807) is 0 Å². The Balaban J connectivity index is 2.08. The summed E-state index contributed by atoms with van der Waals surface area (Å²) in [5.74, 6) is 0.682. The first-order chi connectivity index (χ1) is 8.93. The molecule has 2 aromatic heterocycles. The Morgan fingerprint density at radius 1 is 0.833 bits per heavy atom. The molecule has 86 valence electrons. The molecule has 2 aromatic carbocycles. The second-order valence-electron chi connectivity index (χ2n) is 4.15. The van der Waals surface area contributed by atoms with E-state index in [1.807, 2.05) is 54.6 Å². The molecule has 3 heteroatoms. The largest absolute Gasteiger partial charge is 0.450 e. The smallest absolute Gasteiger partial charge is 0.210 e. The summed E-state index contributed by atoms with van der Waals surface area (Å²) < 4.78 is 11.2. The van der Waals surface area contributed by atoms with Crippen LogP contribution in [0.2, 0.25) is 0 Å². The van der Waals surface area contributed by atoms with Gasteiger partial charge in [-0.25, -0.2) is 0 Å². The molecule has 0 unspecified atom stereocenters. The van der Waals surface area contributed by atoms with E-state index in [0.717, 1.165) is 22.0 Å². The zero-order valence-corrected chi connectivity index (χ0v) is 9.46. The van der Waals surface area contributed by atoms with Crippen molar-refractivity contribution in [1.29, 1.82) is 0 Å². The van der Waals surface area contributed by atoms with Gasteiger partial charge in [0.2, 0.25) is 11.3 Å². The molecule has 3 nitrogen and oxygen atoms in total. The van der Waals surface area contributed by atoms with Crippen LogP contribution in [0.1, 0.15) is 0 Å². The first-order valence-electron chi connectivity index (χ1n) is 5.76. The van der Waals surface area contributed by atoms with Crippen LogP contribution in [0.5, 0.6) is 0 Å². The molecule has 0 saturated heterocycles. The Hall–Kier alpha value is -2.55. The highest BCUT2D eigenvalue weighted by Crippen LogP contribution is 2.35. The molecule has 2 heterocycles. The van der Waals surface area contributed by atoms with E-state index in [1.165, 1.54) is 0 Å². The molecule has 0 aliphatic rings. The Labute approximate surface area is 103 Å². The molecule has 0 aliphatic carbocycles. The van der Waals surface area contributed by atoms with Gasteiger partial charge in [0, 0.05) is 5.56 Å². The fourth-order valence-corrected chi connectivity index (χ4v) is 2.18. The van der Waals surface area contributed by atoms with Gasteiger partial charge in [0.05, 0.1) is 5.39 Å². The van der Waals surface area contributed by atoms with Crippen LogP contribution in [0.15, 0.2) is 63.5 Å². The Bertz CT molecular complexity index is 827. The summed E-state index contributed by atoms with van der Waals surface area (Å²) in [5, 5.41) is 5.10. The fourth-order valence-electron chi connectivity index (χ4n) is 2.18. The second kappa shape index (κ2) is 3.47. The monoisotopic (exact) mass is 235 g/mol. The van der Waals surface area contributed by atoms with E-state index in [-0.39, 0.29) is 0 Å². The van der Waals surface area contributed by atoms with Gasteiger partial charge in [-0.2, -0.15) is 0 Å². The van der Waals surface area contributed by atoms with E-state index in [9.17, 15) is 0 Å². The van der Waals surface area contributed by atoms with Crippen molar-refractivity contribution in [3.63, 3.8) is 0 Å². The third-order valence-electron chi connectivity index (χ3n) is 3.04. The van der Waals surface area contributed by atoms with Crippen molar-refractivity contribution >= 4 is 22.1 Å². The minimum atomic E-state index is 0.682. The maximum absolute atomic E-state index is 5.82. The van der Waals surface area contributed by atoms with E-state index < -0.39 is 0 Å². The molecule has 0 fully saturated rings. The van der Waals surface area contributed by atoms with Gasteiger partial charge in [0.15, 0.2) is 5.52 Å². The van der Waals surface area contributed by atoms with Gasteiger partial charge in [-0.15, -0.1) is 0 Å². The molecule has 0 saturated carbocycles. The summed E-state index contributed by atoms with van der Waals surface area (Å²) in [6.45, 7) is 0. The molecular formula is C15H9NO2. The summed E-state index contributed by atoms with van der Waals surface area (Å²) >= 11 is 0. The lowest BCUT2D eigenvalue weighted by molar-refractivity contribution is 0.438. The molecule has 0 N–H and O–H groups in total. The first-order valence-corrected chi connectivity index (χ1v) is 5.76. The van der Waals surface area contributed by atoms with Crippen LogP contribution in [0, 0.1) is 0 Å². The number of benzene rings is 2. The standard InChI is InChI=1S/C15H9NO2/c1-2-6-10(7-3-1)14-15-13(16-18-14)11-8-4-5-9-12(11)17-15/h1-9H. The summed E-state index contributed by atoms with van der Waals surface area (Å²) in [4.78, 5) is 0. The van der Waals surface area contributed by atoms with Gasteiger partial charge in [-0.1, -0.05) is 47.6 Å². The van der Waals surface area contributed by atoms with Crippen LogP contribution < -0.4 is 0 Å². The van der Waals surface area contributed by atoms with Crippen molar-refractivity contribution in [2.24, 2.45) is 0 Å². The third kappa shape index (κ3) is 1.21. The van der Waals surface area contributed by atoms with Crippen molar-refractivity contribution in [2.45, 2.75) is 0 Å². The van der Waals surface area contributed by atoms with Gasteiger partial charge in [0.1, 0.15) is 5.58 Å². The van der Waals surface area contributed by atoms with E-state index >= 15 is 0 Å². The summed E-state index contributed by atoms with van der Waals surface area (Å²) in [7, 11) is 0. The molecule has 0 amide bonds. The number of rotatable bonds is 1. The Kier molecular flexibility index (Phi) is 1.83. The zero-order valence-electron chi connectivity index (χ0n) is 9.46. The van der Waals surface area contributed by atoms with Crippen LogP contribution in [0.25, 0.3) is 33.4 Å². The highest BCUT2D eigenvalue weighted by molar-refractivity contribution is 6.06. The highest BCUT2D eigenvalue weighted by Gasteiger charge is 2.17. The normalized spacial score (nSPS) is 11.3. The number of hydrogen-bond acceptors (Lipinski definition) is 3. The maximum atomic E-state index is 5.82. The topological polar surface area (TPSA) is 39.2 Å². The van der Waals surface area contributed by atoms with Gasteiger partial charge in [-0.05, 0) is 12.1 Å². The molecule has 4 rings (SSSR count). The van der Waals surface area contributed by atoms with Crippen molar-refractivity contribution in [1.82, 2.24) is 5.16 Å². The SMILES string of the molecule is c1ccc(-c2onc3c2oc2ccccc23)cc1. The predicted molar refractivity (Wildman–Crippen MR) is 69.2 cm³/mol. The lowest BCUT2D eigenvalue weighted by Crippen LogP contribution is -1.71. The highest BCUT2D eigenvalue weighted by atomic mass is 16.5. The average molecular weight is 235 g/mol. The predicted octanol–water partition coefficient (Wildman–Crippen LogP) is 4.24. The summed E-state index contributed by atoms with van der Waals surface area (Å²) in [5.41, 5.74) is 3.30. The molecular weight excluding hydrogens is 226 g/mol. The Morgan fingerprint density at radius 2 is 1.61 bits per heavy atom. The molecule has 0 atom stereocenters. The van der Waals surface area contributed by atoms with Gasteiger partial charge in [0.25, 0.3) is 0 Å². The van der Waals surface area contributed by atoms with Gasteiger partial charge < -0.3 is 8.94 Å². The van der Waals surface area contributed by atoms with Crippen LogP contribution in [-0.2, 0) is 0 Å². The molecule has 4 aromatic rings. The van der Waals surface area contributed by atoms with Crippen LogP contribution in [-0.4, -0.2) is 5.16 Å². The van der Waals surface area contributed by atoms with Crippen LogP contribution in [0.4, 0.5) is 0 Å². The van der Waals surface area contributed by atoms with Crippen molar-refractivity contribution in [3.05, 3.63) is 54.6 Å². The molecule has 0 spiro atoms. The van der Waals surface area contributed by atoms with E-state index in [0.29, 0.717) is 11.3 Å². The van der Waals surface area contributed by atoms with Crippen LogP contribution in [0.3, 0.4) is 0 Å². The number of aromatic nitrogens is 1. The average Bonchev–Trinajstić information content (AvgIpc) is 2.98. The lowest BCUT2D eigenvalue weighted by atomic mass is 10.1. The van der Waals surface area contributed by atoms with Gasteiger partial charge >= 0.3 is 0 Å². The quantitative estimate of drug-likeness (QED) is 0.495. The van der Waals surface area contributed by atoms with Crippen molar-refractivity contribution < 1.29 is 8.94 Å². The summed E-state index contributed by atoms with van der Waals surface area (Å²) in [6, 6.07) is 17.7.